The van der Waals surface area contributed by atoms with Crippen LogP contribution in [0.1, 0.15) is 12.0 Å². The third-order valence-corrected chi connectivity index (χ3v) is 4.29. The molecule has 1 heterocycles. The number of benzene rings is 2. The molecule has 1 amide bonds. The molecule has 0 unspecified atom stereocenters. The van der Waals surface area contributed by atoms with Gasteiger partial charge in [-0.3, -0.25) is 10.1 Å². The second kappa shape index (κ2) is 7.79. The van der Waals surface area contributed by atoms with Gasteiger partial charge in [-0.15, -0.1) is 16.9 Å². The summed E-state index contributed by atoms with van der Waals surface area (Å²) in [4.78, 5) is 13.1. The lowest BCUT2D eigenvalue weighted by molar-refractivity contribution is -0.115. The fourth-order valence-corrected chi connectivity index (χ4v) is 3.00. The molecule has 0 bridgehead atoms. The highest BCUT2D eigenvalue weighted by Gasteiger charge is 2.11. The van der Waals surface area contributed by atoms with Gasteiger partial charge in [0.15, 0.2) is 0 Å². The molecule has 122 valence electrons. The third kappa shape index (κ3) is 4.45. The van der Waals surface area contributed by atoms with Crippen LogP contribution >= 0.6 is 11.8 Å². The van der Waals surface area contributed by atoms with Crippen molar-refractivity contribution in [3.05, 3.63) is 60.2 Å². The summed E-state index contributed by atoms with van der Waals surface area (Å²) in [5.41, 5.74) is 1.94. The number of carbonyl (C=O) groups is 1. The number of thioether (sulfide) groups is 1. The molecule has 3 aromatic rings. The molecule has 24 heavy (non-hydrogen) atoms. The standard InChI is InChI=1S/C18H17N3O2S/c1-13-6-5-7-14(12-13)17-20-21-18(23-17)19-16(22)10-11-24-15-8-3-2-4-9-15/h2-9,12H,10-11H2,1H3,(H,19,21,22). The van der Waals surface area contributed by atoms with Crippen LogP contribution in [0.4, 0.5) is 6.01 Å². The number of aryl methyl sites for hydroxylation is 1. The highest BCUT2D eigenvalue weighted by Crippen LogP contribution is 2.21. The Bertz CT molecular complexity index is 818. The summed E-state index contributed by atoms with van der Waals surface area (Å²) in [5, 5.41) is 10.5. The van der Waals surface area contributed by atoms with E-state index in [0.29, 0.717) is 18.1 Å². The zero-order valence-corrected chi connectivity index (χ0v) is 14.0. The number of anilines is 1. The summed E-state index contributed by atoms with van der Waals surface area (Å²) in [6.45, 7) is 1.99. The Morgan fingerprint density at radius 3 is 2.75 bits per heavy atom. The first-order chi connectivity index (χ1) is 11.7. The Balaban J connectivity index is 1.52. The smallest absolute Gasteiger partial charge is 0.322 e. The molecule has 3 rings (SSSR count). The van der Waals surface area contributed by atoms with E-state index in [0.717, 1.165) is 16.0 Å². The molecule has 0 atom stereocenters. The second-order valence-electron chi connectivity index (χ2n) is 5.24. The maximum absolute atomic E-state index is 12.0. The van der Waals surface area contributed by atoms with Crippen molar-refractivity contribution in [1.82, 2.24) is 10.2 Å². The molecule has 5 nitrogen and oxygen atoms in total. The number of amides is 1. The van der Waals surface area contributed by atoms with Crippen LogP contribution in [0.2, 0.25) is 0 Å². The molecule has 0 spiro atoms. The number of hydrogen-bond donors (Lipinski definition) is 1. The van der Waals surface area contributed by atoms with Crippen molar-refractivity contribution < 1.29 is 9.21 Å². The normalized spacial score (nSPS) is 10.5. The molecule has 0 saturated carbocycles. The predicted octanol–water partition coefficient (Wildman–Crippen LogP) is 4.17. The minimum Gasteiger partial charge on any atom is -0.403 e. The van der Waals surface area contributed by atoms with Crippen LogP contribution < -0.4 is 5.32 Å². The van der Waals surface area contributed by atoms with Crippen LogP contribution in [-0.4, -0.2) is 21.9 Å². The van der Waals surface area contributed by atoms with Crippen LogP contribution in [0.5, 0.6) is 0 Å². The average Bonchev–Trinajstić information content (AvgIpc) is 3.04. The first-order valence-electron chi connectivity index (χ1n) is 7.59. The molecule has 6 heteroatoms. The molecule has 1 N–H and O–H groups in total. The predicted molar refractivity (Wildman–Crippen MR) is 94.9 cm³/mol. The molecule has 0 fully saturated rings. The van der Waals surface area contributed by atoms with E-state index >= 15 is 0 Å². The Morgan fingerprint density at radius 1 is 1.12 bits per heavy atom. The van der Waals surface area contributed by atoms with Crippen LogP contribution in [0.25, 0.3) is 11.5 Å². The Morgan fingerprint density at radius 2 is 1.96 bits per heavy atom. The highest BCUT2D eigenvalue weighted by atomic mass is 32.2. The van der Waals surface area contributed by atoms with Gasteiger partial charge >= 0.3 is 6.01 Å². The van der Waals surface area contributed by atoms with Crippen LogP contribution in [0, 0.1) is 6.92 Å². The van der Waals surface area contributed by atoms with E-state index in [4.69, 9.17) is 4.42 Å². The molecule has 2 aromatic carbocycles. The molecule has 0 aliphatic carbocycles. The van der Waals surface area contributed by atoms with Gasteiger partial charge < -0.3 is 4.42 Å². The summed E-state index contributed by atoms with van der Waals surface area (Å²) in [7, 11) is 0. The van der Waals surface area contributed by atoms with Gasteiger partial charge in [-0.2, -0.15) is 0 Å². The van der Waals surface area contributed by atoms with Gasteiger partial charge in [-0.25, -0.2) is 0 Å². The fraction of sp³-hybridized carbons (Fsp3) is 0.167. The first kappa shape index (κ1) is 16.3. The van der Waals surface area contributed by atoms with E-state index in [1.807, 2.05) is 61.5 Å². The highest BCUT2D eigenvalue weighted by molar-refractivity contribution is 7.99. The van der Waals surface area contributed by atoms with Gasteiger partial charge in [0.2, 0.25) is 11.8 Å². The molecule has 0 aliphatic rings. The SMILES string of the molecule is Cc1cccc(-c2nnc(NC(=O)CCSc3ccccc3)o2)c1. The molecule has 0 radical (unpaired) electrons. The molecule has 0 saturated heterocycles. The van der Waals surface area contributed by atoms with Crippen LogP contribution in [0.15, 0.2) is 63.9 Å². The van der Waals surface area contributed by atoms with Crippen molar-refractivity contribution in [1.29, 1.82) is 0 Å². The third-order valence-electron chi connectivity index (χ3n) is 3.28. The largest absolute Gasteiger partial charge is 0.403 e. The molecule has 1 aromatic heterocycles. The summed E-state index contributed by atoms with van der Waals surface area (Å²) in [5.74, 6) is 0.944. The number of nitrogens with zero attached hydrogens (tertiary/aromatic N) is 2. The maximum Gasteiger partial charge on any atom is 0.322 e. The van der Waals surface area contributed by atoms with Gasteiger partial charge in [-0.1, -0.05) is 41.0 Å². The van der Waals surface area contributed by atoms with Crippen molar-refractivity contribution in [3.8, 4) is 11.5 Å². The van der Waals surface area contributed by atoms with Crippen molar-refractivity contribution in [3.63, 3.8) is 0 Å². The summed E-state index contributed by atoms with van der Waals surface area (Å²) in [6.07, 6.45) is 0.377. The number of nitrogens with one attached hydrogen (secondary N) is 1. The van der Waals surface area contributed by atoms with Gasteiger partial charge in [0.25, 0.3) is 0 Å². The minimum atomic E-state index is -0.141. The van der Waals surface area contributed by atoms with Crippen LogP contribution in [-0.2, 0) is 4.79 Å². The second-order valence-corrected chi connectivity index (χ2v) is 6.41. The number of carbonyl (C=O) groups excluding carboxylic acids is 1. The monoisotopic (exact) mass is 339 g/mol. The molecular weight excluding hydrogens is 322 g/mol. The van der Waals surface area contributed by atoms with E-state index in [1.54, 1.807) is 11.8 Å². The quantitative estimate of drug-likeness (QED) is 0.683. The summed E-state index contributed by atoms with van der Waals surface area (Å²) in [6, 6.07) is 17.9. The lowest BCUT2D eigenvalue weighted by Crippen LogP contribution is -2.12. The zero-order chi connectivity index (χ0) is 16.8. The summed E-state index contributed by atoms with van der Waals surface area (Å²) >= 11 is 1.64. The van der Waals surface area contributed by atoms with E-state index in [1.165, 1.54) is 0 Å². The molecule has 0 aliphatic heterocycles. The van der Waals surface area contributed by atoms with E-state index in [9.17, 15) is 4.79 Å². The fourth-order valence-electron chi connectivity index (χ4n) is 2.13. The van der Waals surface area contributed by atoms with Crippen molar-refractivity contribution >= 4 is 23.7 Å². The van der Waals surface area contributed by atoms with Crippen molar-refractivity contribution in [2.24, 2.45) is 0 Å². The van der Waals surface area contributed by atoms with Crippen molar-refractivity contribution in [2.45, 2.75) is 18.2 Å². The Hall–Kier alpha value is -2.60. The van der Waals surface area contributed by atoms with Gasteiger partial charge in [0, 0.05) is 22.6 Å². The van der Waals surface area contributed by atoms with E-state index in [2.05, 4.69) is 15.5 Å². The zero-order valence-electron chi connectivity index (χ0n) is 13.2. The average molecular weight is 339 g/mol. The summed E-state index contributed by atoms with van der Waals surface area (Å²) < 4.78 is 5.50. The maximum atomic E-state index is 12.0. The Labute approximate surface area is 144 Å². The van der Waals surface area contributed by atoms with E-state index in [-0.39, 0.29) is 11.9 Å². The number of hydrogen-bond acceptors (Lipinski definition) is 5. The van der Waals surface area contributed by atoms with Crippen molar-refractivity contribution in [2.75, 3.05) is 11.1 Å². The lowest BCUT2D eigenvalue weighted by Gasteiger charge is -2.01. The van der Waals surface area contributed by atoms with Gasteiger partial charge in [0.1, 0.15) is 0 Å². The number of aromatic nitrogens is 2. The van der Waals surface area contributed by atoms with Gasteiger partial charge in [-0.05, 0) is 31.2 Å². The van der Waals surface area contributed by atoms with Crippen LogP contribution in [0.3, 0.4) is 0 Å². The van der Waals surface area contributed by atoms with E-state index < -0.39 is 0 Å². The first-order valence-corrected chi connectivity index (χ1v) is 8.57. The minimum absolute atomic E-state index is 0.126. The Kier molecular flexibility index (Phi) is 5.28. The topological polar surface area (TPSA) is 68.0 Å². The van der Waals surface area contributed by atoms with Gasteiger partial charge in [0.05, 0.1) is 0 Å². The lowest BCUT2D eigenvalue weighted by atomic mass is 10.1. The number of rotatable bonds is 6. The molecular formula is C18H17N3O2S.